The van der Waals surface area contributed by atoms with E-state index in [0.717, 1.165) is 6.42 Å². The number of amides is 1. The summed E-state index contributed by atoms with van der Waals surface area (Å²) < 4.78 is 5.69. The summed E-state index contributed by atoms with van der Waals surface area (Å²) in [6.45, 7) is 3.43. The van der Waals surface area contributed by atoms with E-state index in [9.17, 15) is 9.59 Å². The number of likely N-dealkylation sites (tertiary alicyclic amines) is 1. The number of hydrogen-bond donors (Lipinski definition) is 0. The molecule has 1 amide bonds. The first-order chi connectivity index (χ1) is 12.1. The molecule has 0 bridgehead atoms. The molecule has 1 fully saturated rings. The summed E-state index contributed by atoms with van der Waals surface area (Å²) in [5.41, 5.74) is 2.81. The third kappa shape index (κ3) is 2.84. The summed E-state index contributed by atoms with van der Waals surface area (Å²) in [5.74, 6) is 0.241. The second-order valence-corrected chi connectivity index (χ2v) is 6.56. The van der Waals surface area contributed by atoms with Crippen LogP contribution in [0.4, 0.5) is 0 Å². The first kappa shape index (κ1) is 15.6. The van der Waals surface area contributed by atoms with Crippen LogP contribution in [0, 0.1) is 6.92 Å². The lowest BCUT2D eigenvalue weighted by Crippen LogP contribution is -2.29. The van der Waals surface area contributed by atoms with Crippen LogP contribution in [0.15, 0.2) is 63.8 Å². The third-order valence-corrected chi connectivity index (χ3v) is 4.95. The van der Waals surface area contributed by atoms with E-state index in [2.05, 4.69) is 19.1 Å². The van der Waals surface area contributed by atoms with Gasteiger partial charge in [0.25, 0.3) is 5.91 Å². The van der Waals surface area contributed by atoms with Crippen LogP contribution in [0.1, 0.15) is 34.0 Å². The van der Waals surface area contributed by atoms with Gasteiger partial charge in [-0.25, -0.2) is 0 Å². The third-order valence-electron chi connectivity index (χ3n) is 4.95. The molecule has 1 aromatic heterocycles. The fourth-order valence-corrected chi connectivity index (χ4v) is 3.61. The van der Waals surface area contributed by atoms with E-state index >= 15 is 0 Å². The minimum absolute atomic E-state index is 0.120. The Labute approximate surface area is 145 Å². The monoisotopic (exact) mass is 333 g/mol. The Hall–Kier alpha value is -2.88. The molecular formula is C21H19NO3. The highest BCUT2D eigenvalue weighted by atomic mass is 16.3. The standard InChI is InChI=1S/C21H19NO3/c1-14-6-2-3-7-16(14)15-10-11-22(13-15)21(24)20-12-18(23)17-8-4-5-9-19(17)25-20/h2-9,12,15H,10-11,13H2,1H3/t15-/m1/s1. The van der Waals surface area contributed by atoms with Crippen LogP contribution in [0.2, 0.25) is 0 Å². The molecule has 2 aromatic carbocycles. The number of rotatable bonds is 2. The maximum Gasteiger partial charge on any atom is 0.289 e. The quantitative estimate of drug-likeness (QED) is 0.718. The second-order valence-electron chi connectivity index (χ2n) is 6.56. The topological polar surface area (TPSA) is 50.5 Å². The van der Waals surface area contributed by atoms with Crippen molar-refractivity contribution < 1.29 is 9.21 Å². The van der Waals surface area contributed by atoms with Gasteiger partial charge in [-0.15, -0.1) is 0 Å². The number of nitrogens with zero attached hydrogens (tertiary/aromatic N) is 1. The van der Waals surface area contributed by atoms with E-state index in [1.807, 2.05) is 12.1 Å². The highest BCUT2D eigenvalue weighted by Gasteiger charge is 2.30. The maximum atomic E-state index is 12.8. The van der Waals surface area contributed by atoms with Crippen molar-refractivity contribution in [2.75, 3.05) is 13.1 Å². The number of carbonyl (C=O) groups excluding carboxylic acids is 1. The van der Waals surface area contributed by atoms with Gasteiger partial charge in [0, 0.05) is 25.1 Å². The molecule has 3 aromatic rings. The normalized spacial score (nSPS) is 17.2. The van der Waals surface area contributed by atoms with Crippen molar-refractivity contribution in [3.63, 3.8) is 0 Å². The molecule has 0 N–H and O–H groups in total. The lowest BCUT2D eigenvalue weighted by Gasteiger charge is -2.17. The van der Waals surface area contributed by atoms with Gasteiger partial charge in [0.2, 0.25) is 0 Å². The number of carbonyl (C=O) groups is 1. The van der Waals surface area contributed by atoms with Gasteiger partial charge in [-0.2, -0.15) is 0 Å². The number of aryl methyl sites for hydroxylation is 1. The summed E-state index contributed by atoms with van der Waals surface area (Å²) in [4.78, 5) is 26.8. The van der Waals surface area contributed by atoms with Crippen LogP contribution < -0.4 is 5.43 Å². The SMILES string of the molecule is Cc1ccccc1[C@@H]1CCN(C(=O)c2cc(=O)c3ccccc3o2)C1. The molecule has 25 heavy (non-hydrogen) atoms. The first-order valence-electron chi connectivity index (χ1n) is 8.51. The van der Waals surface area contributed by atoms with Gasteiger partial charge in [-0.05, 0) is 36.6 Å². The molecule has 1 aliphatic heterocycles. The van der Waals surface area contributed by atoms with Crippen molar-refractivity contribution in [1.82, 2.24) is 4.90 Å². The molecule has 4 rings (SSSR count). The molecule has 0 radical (unpaired) electrons. The van der Waals surface area contributed by atoms with E-state index in [-0.39, 0.29) is 17.1 Å². The van der Waals surface area contributed by atoms with Gasteiger partial charge in [-0.3, -0.25) is 9.59 Å². The van der Waals surface area contributed by atoms with Crippen LogP contribution in [0.3, 0.4) is 0 Å². The Balaban J connectivity index is 1.60. The Morgan fingerprint density at radius 2 is 1.88 bits per heavy atom. The van der Waals surface area contributed by atoms with Crippen molar-refractivity contribution in [3.8, 4) is 0 Å². The minimum Gasteiger partial charge on any atom is -0.451 e. The van der Waals surface area contributed by atoms with E-state index < -0.39 is 0 Å². The number of benzene rings is 2. The summed E-state index contributed by atoms with van der Waals surface area (Å²) in [7, 11) is 0. The van der Waals surface area contributed by atoms with Crippen molar-refractivity contribution in [1.29, 1.82) is 0 Å². The predicted octanol–water partition coefficient (Wildman–Crippen LogP) is 3.73. The van der Waals surface area contributed by atoms with Crippen molar-refractivity contribution in [2.45, 2.75) is 19.3 Å². The number of hydrogen-bond acceptors (Lipinski definition) is 3. The molecule has 2 heterocycles. The van der Waals surface area contributed by atoms with E-state index in [1.54, 1.807) is 29.2 Å². The summed E-state index contributed by atoms with van der Waals surface area (Å²) >= 11 is 0. The van der Waals surface area contributed by atoms with Crippen LogP contribution in [-0.4, -0.2) is 23.9 Å². The zero-order chi connectivity index (χ0) is 17.4. The molecule has 0 spiro atoms. The van der Waals surface area contributed by atoms with E-state index in [0.29, 0.717) is 30.0 Å². The smallest absolute Gasteiger partial charge is 0.289 e. The first-order valence-corrected chi connectivity index (χ1v) is 8.51. The van der Waals surface area contributed by atoms with Crippen molar-refractivity contribution in [3.05, 3.63) is 81.7 Å². The van der Waals surface area contributed by atoms with Crippen molar-refractivity contribution >= 4 is 16.9 Å². The zero-order valence-corrected chi connectivity index (χ0v) is 14.1. The molecule has 0 aliphatic carbocycles. The summed E-state index contributed by atoms with van der Waals surface area (Å²) in [6.07, 6.45) is 0.925. The maximum absolute atomic E-state index is 12.8. The Kier molecular flexibility index (Phi) is 3.88. The van der Waals surface area contributed by atoms with Crippen molar-refractivity contribution in [2.24, 2.45) is 0 Å². The van der Waals surface area contributed by atoms with Gasteiger partial charge in [-0.1, -0.05) is 36.4 Å². The Bertz CT molecular complexity index is 1010. The minimum atomic E-state index is -0.209. The van der Waals surface area contributed by atoms with E-state index in [1.165, 1.54) is 17.2 Å². The molecule has 1 aliphatic rings. The summed E-state index contributed by atoms with van der Waals surface area (Å²) in [5, 5.41) is 0.498. The molecule has 0 unspecified atom stereocenters. The van der Waals surface area contributed by atoms with Crippen LogP contribution in [0.5, 0.6) is 0 Å². The zero-order valence-electron chi connectivity index (χ0n) is 14.1. The molecule has 1 atom stereocenters. The van der Waals surface area contributed by atoms with E-state index in [4.69, 9.17) is 4.42 Å². The lowest BCUT2D eigenvalue weighted by molar-refractivity contribution is 0.0759. The van der Waals surface area contributed by atoms with Gasteiger partial charge in [0.15, 0.2) is 11.2 Å². The lowest BCUT2D eigenvalue weighted by atomic mass is 9.94. The van der Waals surface area contributed by atoms with Crippen LogP contribution in [-0.2, 0) is 0 Å². The Morgan fingerprint density at radius 1 is 1.12 bits per heavy atom. The molecule has 4 heteroatoms. The van der Waals surface area contributed by atoms with Gasteiger partial charge in [0.1, 0.15) is 5.58 Å². The molecule has 1 saturated heterocycles. The van der Waals surface area contributed by atoms with Gasteiger partial charge in [0.05, 0.1) is 5.39 Å². The van der Waals surface area contributed by atoms with Crippen LogP contribution in [0.25, 0.3) is 11.0 Å². The average Bonchev–Trinajstić information content (AvgIpc) is 3.11. The fourth-order valence-electron chi connectivity index (χ4n) is 3.61. The highest BCUT2D eigenvalue weighted by Crippen LogP contribution is 2.30. The molecule has 0 saturated carbocycles. The molecule has 126 valence electrons. The van der Waals surface area contributed by atoms with Crippen LogP contribution >= 0.6 is 0 Å². The van der Waals surface area contributed by atoms with Gasteiger partial charge >= 0.3 is 0 Å². The number of para-hydroxylation sites is 1. The second kappa shape index (κ2) is 6.20. The largest absolute Gasteiger partial charge is 0.451 e. The fraction of sp³-hybridized carbons (Fsp3) is 0.238. The molecular weight excluding hydrogens is 314 g/mol. The predicted molar refractivity (Wildman–Crippen MR) is 96.9 cm³/mol. The summed E-state index contributed by atoms with van der Waals surface area (Å²) in [6, 6.07) is 16.6. The highest BCUT2D eigenvalue weighted by molar-refractivity contribution is 5.93. The Morgan fingerprint density at radius 3 is 2.72 bits per heavy atom. The van der Waals surface area contributed by atoms with Gasteiger partial charge < -0.3 is 9.32 Å². The number of fused-ring (bicyclic) bond motifs is 1. The average molecular weight is 333 g/mol. The molecule has 4 nitrogen and oxygen atoms in total.